The van der Waals surface area contributed by atoms with Gasteiger partial charge in [0.2, 0.25) is 0 Å². The van der Waals surface area contributed by atoms with Crippen LogP contribution in [0.25, 0.3) is 11.8 Å². The second kappa shape index (κ2) is 9.06. The van der Waals surface area contributed by atoms with Crippen molar-refractivity contribution in [3.8, 4) is 17.2 Å². The topological polar surface area (TPSA) is 60.8 Å². The minimum Gasteiger partial charge on any atom is -0.486 e. The van der Waals surface area contributed by atoms with Crippen LogP contribution in [0.3, 0.4) is 0 Å². The molecule has 3 heterocycles. The molecule has 3 aromatic rings. The molecule has 0 atom stereocenters. The zero-order valence-electron chi connectivity index (χ0n) is 18.4. The van der Waals surface area contributed by atoms with Crippen LogP contribution >= 0.6 is 35.0 Å². The number of hydrogen-bond donors (Lipinski definition) is 0. The molecule has 0 aliphatic carbocycles. The number of thioether (sulfide) groups is 1. The molecule has 1 fully saturated rings. The SMILES string of the molecule is Cc1cc(/C=C2\SC(=O)N(Cc3ccc(Cl)c(Cl)c3)C2=O)c(C)n1-c1ccc2c(c1)OCCO2. The van der Waals surface area contributed by atoms with Gasteiger partial charge in [0.15, 0.2) is 11.5 Å². The van der Waals surface area contributed by atoms with E-state index in [1.807, 2.05) is 38.1 Å². The van der Waals surface area contributed by atoms with E-state index in [-0.39, 0.29) is 17.7 Å². The third-order valence-electron chi connectivity index (χ3n) is 5.74. The van der Waals surface area contributed by atoms with Crippen molar-refractivity contribution >= 4 is 52.2 Å². The van der Waals surface area contributed by atoms with Crippen LogP contribution in [0.5, 0.6) is 11.5 Å². The first kappa shape index (κ1) is 22.9. The summed E-state index contributed by atoms with van der Waals surface area (Å²) in [7, 11) is 0. The van der Waals surface area contributed by atoms with E-state index in [0.29, 0.717) is 33.9 Å². The number of aryl methyl sites for hydroxylation is 1. The van der Waals surface area contributed by atoms with Crippen molar-refractivity contribution in [1.82, 2.24) is 9.47 Å². The first-order valence-corrected chi connectivity index (χ1v) is 12.2. The number of imide groups is 1. The summed E-state index contributed by atoms with van der Waals surface area (Å²) in [5.74, 6) is 1.11. The predicted molar refractivity (Wildman–Crippen MR) is 134 cm³/mol. The quantitative estimate of drug-likeness (QED) is 0.376. The summed E-state index contributed by atoms with van der Waals surface area (Å²) in [5.41, 5.74) is 4.48. The molecule has 2 aliphatic rings. The van der Waals surface area contributed by atoms with Gasteiger partial charge in [-0.05, 0) is 73.1 Å². The van der Waals surface area contributed by atoms with Crippen molar-refractivity contribution in [3.05, 3.63) is 79.9 Å². The third-order valence-corrected chi connectivity index (χ3v) is 7.39. The Balaban J connectivity index is 1.42. The van der Waals surface area contributed by atoms with Crippen molar-refractivity contribution in [1.29, 1.82) is 0 Å². The normalized spacial score (nSPS) is 16.6. The van der Waals surface area contributed by atoms with Crippen molar-refractivity contribution in [2.24, 2.45) is 0 Å². The van der Waals surface area contributed by atoms with Crippen LogP contribution in [0.1, 0.15) is 22.5 Å². The number of rotatable bonds is 4. The molecular formula is C25H20Cl2N2O4S. The molecule has 0 radical (unpaired) electrons. The van der Waals surface area contributed by atoms with Gasteiger partial charge in [0.1, 0.15) is 13.2 Å². The average molecular weight is 515 g/mol. The smallest absolute Gasteiger partial charge is 0.293 e. The largest absolute Gasteiger partial charge is 0.486 e. The number of ether oxygens (including phenoxy) is 2. The third kappa shape index (κ3) is 4.19. The maximum atomic E-state index is 13.0. The number of benzene rings is 2. The number of aromatic nitrogens is 1. The predicted octanol–water partition coefficient (Wildman–Crippen LogP) is 6.41. The fraction of sp³-hybridized carbons (Fsp3) is 0.200. The molecule has 0 spiro atoms. The molecule has 9 heteroatoms. The van der Waals surface area contributed by atoms with Gasteiger partial charge in [-0.25, -0.2) is 0 Å². The lowest BCUT2D eigenvalue weighted by atomic mass is 10.2. The Hall–Kier alpha value is -2.87. The molecule has 1 saturated heterocycles. The van der Waals surface area contributed by atoms with Gasteiger partial charge < -0.3 is 14.0 Å². The Labute approximate surface area is 211 Å². The van der Waals surface area contributed by atoms with E-state index in [4.69, 9.17) is 32.7 Å². The van der Waals surface area contributed by atoms with E-state index >= 15 is 0 Å². The Bertz CT molecular complexity index is 1370. The standard InChI is InChI=1S/C25H20Cl2N2O4S/c1-14-9-17(15(2)29(14)18-4-6-21-22(12-18)33-8-7-32-21)11-23-24(30)28(25(31)34-23)13-16-3-5-19(26)20(27)10-16/h3-6,9-12H,7-8,13H2,1-2H3/b23-11-. The average Bonchev–Trinajstić information content (AvgIpc) is 3.25. The molecule has 34 heavy (non-hydrogen) atoms. The first-order valence-electron chi connectivity index (χ1n) is 10.6. The molecule has 5 rings (SSSR count). The van der Waals surface area contributed by atoms with Crippen molar-refractivity contribution in [2.45, 2.75) is 20.4 Å². The lowest BCUT2D eigenvalue weighted by Crippen LogP contribution is -2.27. The number of fused-ring (bicyclic) bond motifs is 1. The van der Waals surface area contributed by atoms with Crippen LogP contribution < -0.4 is 9.47 Å². The Kier molecular flexibility index (Phi) is 6.10. The molecule has 174 valence electrons. The van der Waals surface area contributed by atoms with Gasteiger partial charge >= 0.3 is 0 Å². The van der Waals surface area contributed by atoms with E-state index in [1.165, 1.54) is 4.90 Å². The Morgan fingerprint density at radius 1 is 0.971 bits per heavy atom. The minimum atomic E-state index is -0.329. The number of carbonyl (C=O) groups is 2. The maximum Gasteiger partial charge on any atom is 0.293 e. The van der Waals surface area contributed by atoms with E-state index < -0.39 is 0 Å². The number of hydrogen-bond acceptors (Lipinski definition) is 5. The summed E-state index contributed by atoms with van der Waals surface area (Å²) in [6, 6.07) is 12.9. The lowest BCUT2D eigenvalue weighted by Gasteiger charge is -2.20. The van der Waals surface area contributed by atoms with Crippen LogP contribution in [-0.2, 0) is 11.3 Å². The summed E-state index contributed by atoms with van der Waals surface area (Å²) in [6.45, 7) is 5.17. The van der Waals surface area contributed by atoms with E-state index in [9.17, 15) is 9.59 Å². The Morgan fingerprint density at radius 2 is 1.74 bits per heavy atom. The molecular weight excluding hydrogens is 495 g/mol. The van der Waals surface area contributed by atoms with Crippen LogP contribution in [0.2, 0.25) is 10.0 Å². The molecule has 0 bridgehead atoms. The Morgan fingerprint density at radius 3 is 2.50 bits per heavy atom. The van der Waals surface area contributed by atoms with Gasteiger partial charge in [-0.3, -0.25) is 14.5 Å². The van der Waals surface area contributed by atoms with Crippen molar-refractivity contribution in [2.75, 3.05) is 13.2 Å². The summed E-state index contributed by atoms with van der Waals surface area (Å²) in [5, 5.41) is 0.490. The molecule has 0 unspecified atom stereocenters. The van der Waals surface area contributed by atoms with E-state index in [1.54, 1.807) is 24.3 Å². The zero-order valence-corrected chi connectivity index (χ0v) is 20.8. The van der Waals surface area contributed by atoms with Crippen LogP contribution in [0.15, 0.2) is 47.4 Å². The number of carbonyl (C=O) groups excluding carboxylic acids is 2. The van der Waals surface area contributed by atoms with Crippen LogP contribution in [0.4, 0.5) is 4.79 Å². The highest BCUT2D eigenvalue weighted by Crippen LogP contribution is 2.37. The van der Waals surface area contributed by atoms with Crippen LogP contribution in [-0.4, -0.2) is 33.8 Å². The molecule has 1 aromatic heterocycles. The second-order valence-corrected chi connectivity index (χ2v) is 9.81. The molecule has 0 saturated carbocycles. The monoisotopic (exact) mass is 514 g/mol. The van der Waals surface area contributed by atoms with Gasteiger partial charge in [0.05, 0.1) is 21.5 Å². The molecule has 6 nitrogen and oxygen atoms in total. The number of amides is 2. The maximum absolute atomic E-state index is 13.0. The molecule has 0 N–H and O–H groups in total. The van der Waals surface area contributed by atoms with Gasteiger partial charge in [-0.2, -0.15) is 0 Å². The van der Waals surface area contributed by atoms with E-state index in [0.717, 1.165) is 45.7 Å². The van der Waals surface area contributed by atoms with Crippen molar-refractivity contribution in [3.63, 3.8) is 0 Å². The highest BCUT2D eigenvalue weighted by molar-refractivity contribution is 8.18. The fourth-order valence-electron chi connectivity index (χ4n) is 4.10. The van der Waals surface area contributed by atoms with Crippen LogP contribution in [0, 0.1) is 13.8 Å². The highest BCUT2D eigenvalue weighted by atomic mass is 35.5. The van der Waals surface area contributed by atoms with Gasteiger partial charge in [-0.15, -0.1) is 0 Å². The summed E-state index contributed by atoms with van der Waals surface area (Å²) in [6.07, 6.45) is 1.77. The number of halogens is 2. The summed E-state index contributed by atoms with van der Waals surface area (Å²) >= 11 is 13.0. The first-order chi connectivity index (χ1) is 16.3. The summed E-state index contributed by atoms with van der Waals surface area (Å²) < 4.78 is 13.4. The minimum absolute atomic E-state index is 0.134. The summed E-state index contributed by atoms with van der Waals surface area (Å²) in [4.78, 5) is 27.2. The lowest BCUT2D eigenvalue weighted by molar-refractivity contribution is -0.123. The van der Waals surface area contributed by atoms with Gasteiger partial charge in [0, 0.05) is 23.1 Å². The number of nitrogens with zero attached hydrogens (tertiary/aromatic N) is 2. The fourth-order valence-corrected chi connectivity index (χ4v) is 5.25. The van der Waals surface area contributed by atoms with Crippen molar-refractivity contribution < 1.29 is 19.1 Å². The highest BCUT2D eigenvalue weighted by Gasteiger charge is 2.35. The van der Waals surface area contributed by atoms with Gasteiger partial charge in [0.25, 0.3) is 11.1 Å². The van der Waals surface area contributed by atoms with E-state index in [2.05, 4.69) is 4.57 Å². The van der Waals surface area contributed by atoms with Gasteiger partial charge in [-0.1, -0.05) is 29.3 Å². The zero-order chi connectivity index (χ0) is 24.0. The molecule has 2 aromatic carbocycles. The second-order valence-electron chi connectivity index (χ2n) is 8.01. The molecule has 2 aliphatic heterocycles. The molecule has 2 amide bonds.